The molecule has 4 aromatic rings. The van der Waals surface area contributed by atoms with E-state index >= 15 is 0 Å². The van der Waals surface area contributed by atoms with E-state index in [1.807, 2.05) is 12.1 Å². The summed E-state index contributed by atoms with van der Waals surface area (Å²) in [6.45, 7) is 4.61. The SMILES string of the molecule is C=CCOP(=O)(OCCC#N)OC1[C@@H](COP(=O)(OCCC#N)OC2[C@@H](CO)O[C@@H](n3cnc4c(=O)[nH]c(N=CN(C)C)nc43)[C@H]2C)O[C@@H](n2cnc3c(=O)[nH]c(N=CN(C)C)nc32)[C@H]1C. The molecule has 6 rings (SSSR count). The molecule has 0 amide bonds. The zero-order chi connectivity index (χ0) is 47.8. The maximum absolute atomic E-state index is 14.8. The number of aliphatic imine (C=N–C) groups is 2. The maximum atomic E-state index is 14.8. The molecule has 2 aliphatic heterocycles. The van der Waals surface area contributed by atoms with Crippen molar-refractivity contribution < 1.29 is 50.9 Å². The molecule has 0 spiro atoms. The second-order valence-electron chi connectivity index (χ2n) is 15.3. The molecule has 356 valence electrons. The largest absolute Gasteiger partial charge is 0.475 e. The van der Waals surface area contributed by atoms with Crippen molar-refractivity contribution in [2.75, 3.05) is 61.2 Å². The summed E-state index contributed by atoms with van der Waals surface area (Å²) in [6.07, 6.45) is -0.563. The van der Waals surface area contributed by atoms with Crippen molar-refractivity contribution in [1.29, 1.82) is 10.5 Å². The van der Waals surface area contributed by atoms with Crippen LogP contribution in [0.4, 0.5) is 11.9 Å². The van der Waals surface area contributed by atoms with Crippen molar-refractivity contribution in [3.63, 3.8) is 0 Å². The van der Waals surface area contributed by atoms with Crippen molar-refractivity contribution in [3.8, 4) is 12.1 Å². The summed E-state index contributed by atoms with van der Waals surface area (Å²) in [5.74, 6) is -1.63. The van der Waals surface area contributed by atoms with Gasteiger partial charge in [0.05, 0.1) is 83.3 Å². The summed E-state index contributed by atoms with van der Waals surface area (Å²) in [7, 11) is -2.35. The van der Waals surface area contributed by atoms with E-state index in [1.165, 1.54) is 40.5 Å². The van der Waals surface area contributed by atoms with Gasteiger partial charge in [-0.25, -0.2) is 29.1 Å². The van der Waals surface area contributed by atoms with Crippen LogP contribution in [-0.2, 0) is 45.7 Å². The highest BCUT2D eigenvalue weighted by atomic mass is 31.2. The van der Waals surface area contributed by atoms with Gasteiger partial charge in [0.15, 0.2) is 22.3 Å². The second kappa shape index (κ2) is 21.8. The van der Waals surface area contributed by atoms with Crippen LogP contribution in [0.5, 0.6) is 0 Å². The predicted octanol–water partition coefficient (Wildman–Crippen LogP) is 2.82. The van der Waals surface area contributed by atoms with Crippen LogP contribution >= 0.6 is 15.6 Å². The summed E-state index contributed by atoms with van der Waals surface area (Å²) in [5.41, 5.74) is -1.07. The number of nitrogens with one attached hydrogen (secondary N) is 2. The Morgan fingerprint density at radius 3 is 1.70 bits per heavy atom. The van der Waals surface area contributed by atoms with Crippen molar-refractivity contribution in [1.82, 2.24) is 48.8 Å². The molecular weight excluding hydrogens is 910 g/mol. The van der Waals surface area contributed by atoms with Crippen LogP contribution in [0.1, 0.15) is 39.1 Å². The highest BCUT2D eigenvalue weighted by Gasteiger charge is 2.52. The second-order valence-corrected chi connectivity index (χ2v) is 18.5. The Morgan fingerprint density at radius 1 is 0.803 bits per heavy atom. The third-order valence-electron chi connectivity index (χ3n) is 9.86. The fraction of sp³-hybridized carbons (Fsp3) is 0.568. The normalized spacial score (nSPS) is 25.0. The molecule has 29 heteroatoms. The van der Waals surface area contributed by atoms with Gasteiger partial charge in [-0.05, 0) is 0 Å². The van der Waals surface area contributed by atoms with Crippen LogP contribution in [0, 0.1) is 34.5 Å². The van der Waals surface area contributed by atoms with Gasteiger partial charge in [0, 0.05) is 40.0 Å². The van der Waals surface area contributed by atoms with Crippen molar-refractivity contribution >= 4 is 62.5 Å². The van der Waals surface area contributed by atoms with Gasteiger partial charge in [-0.3, -0.25) is 55.8 Å². The number of rotatable bonds is 23. The smallest absolute Gasteiger partial charge is 0.394 e. The lowest BCUT2D eigenvalue weighted by Crippen LogP contribution is -2.34. The standard InChI is InChI=1S/C37H50N14O13P2/c1-8-13-57-65(55,58-14-9-11-38)64-29-23(3)35(51-21-41-27-31(51)45-37(47-33(27)54)43-19-49(6)7)62-25(29)17-60-66(56,59-15-10-12-39)63-28-22(2)34(61-24(28)16-52)50-20-40-26-30(50)44-36(46-32(26)53)42-18-48(4)5/h8,18-25,28-29,34-35,52H,1,9-10,13-17H2,2-7H3,(H,44,46,53)(H,45,47,54)/t22-,23-,24+,25+,28?,29?,34+,35+,65?,66?/m0/s1. The number of aliphatic hydroxyl groups is 1. The number of hydrogen-bond acceptors (Lipinski definition) is 21. The molecule has 66 heavy (non-hydrogen) atoms. The average Bonchev–Trinajstić information content (AvgIpc) is 4.05. The summed E-state index contributed by atoms with van der Waals surface area (Å²) >= 11 is 0. The van der Waals surface area contributed by atoms with E-state index in [2.05, 4.69) is 46.5 Å². The monoisotopic (exact) mass is 960 g/mol. The maximum Gasteiger partial charge on any atom is 0.475 e. The molecule has 0 saturated carbocycles. The zero-order valence-corrected chi connectivity index (χ0v) is 38.6. The van der Waals surface area contributed by atoms with Gasteiger partial charge in [0.25, 0.3) is 11.1 Å². The molecule has 0 bridgehead atoms. The summed E-state index contributed by atoms with van der Waals surface area (Å²) in [5, 5.41) is 29.0. The topological polar surface area (TPSA) is 334 Å². The number of phosphoric ester groups is 2. The molecule has 4 unspecified atom stereocenters. The van der Waals surface area contributed by atoms with E-state index in [0.717, 1.165) is 0 Å². The quantitative estimate of drug-likeness (QED) is 0.0316. The van der Waals surface area contributed by atoms with E-state index in [0.29, 0.717) is 0 Å². The molecular formula is C37H50N14O13P2. The van der Waals surface area contributed by atoms with Crippen LogP contribution in [0.3, 0.4) is 0 Å². The lowest BCUT2D eigenvalue weighted by molar-refractivity contribution is -0.0589. The molecule has 2 saturated heterocycles. The Hall–Kier alpha value is -5.54. The van der Waals surface area contributed by atoms with Crippen molar-refractivity contribution in [2.24, 2.45) is 21.8 Å². The van der Waals surface area contributed by atoms with Crippen LogP contribution < -0.4 is 11.1 Å². The van der Waals surface area contributed by atoms with Crippen LogP contribution in [0.2, 0.25) is 0 Å². The Morgan fingerprint density at radius 2 is 1.26 bits per heavy atom. The van der Waals surface area contributed by atoms with Gasteiger partial charge in [0.1, 0.15) is 36.9 Å². The first-order chi connectivity index (χ1) is 31.5. The van der Waals surface area contributed by atoms with E-state index in [-0.39, 0.29) is 60.3 Å². The minimum Gasteiger partial charge on any atom is -0.394 e. The number of phosphoric acid groups is 2. The molecule has 2 fully saturated rings. The molecule has 0 radical (unpaired) electrons. The lowest BCUT2D eigenvalue weighted by Gasteiger charge is -2.28. The fourth-order valence-electron chi connectivity index (χ4n) is 6.88. The molecule has 0 aromatic carbocycles. The number of fused-ring (bicyclic) bond motifs is 2. The highest BCUT2D eigenvalue weighted by Crippen LogP contribution is 2.57. The first-order valence-electron chi connectivity index (χ1n) is 20.3. The lowest BCUT2D eigenvalue weighted by atomic mass is 10.0. The van der Waals surface area contributed by atoms with Crippen molar-refractivity contribution in [2.45, 2.75) is 63.6 Å². The van der Waals surface area contributed by atoms with Gasteiger partial charge in [-0.1, -0.05) is 19.9 Å². The van der Waals surface area contributed by atoms with Crippen LogP contribution in [-0.4, -0.2) is 152 Å². The highest BCUT2D eigenvalue weighted by molar-refractivity contribution is 7.48. The molecule has 0 aliphatic carbocycles. The predicted molar refractivity (Wildman–Crippen MR) is 233 cm³/mol. The van der Waals surface area contributed by atoms with E-state index in [4.69, 9.17) is 41.9 Å². The number of aromatic nitrogens is 8. The zero-order valence-electron chi connectivity index (χ0n) is 36.8. The summed E-state index contributed by atoms with van der Waals surface area (Å²) in [6, 6.07) is 3.79. The Labute approximate surface area is 376 Å². The minimum atomic E-state index is -4.78. The number of ether oxygens (including phenoxy) is 2. The van der Waals surface area contributed by atoms with E-state index < -0.39 is 95.3 Å². The number of nitrogens with zero attached hydrogens (tertiary/aromatic N) is 12. The molecule has 4 aromatic heterocycles. The number of aliphatic hydroxyl groups excluding tert-OH is 1. The Kier molecular flexibility index (Phi) is 16.5. The number of hydrogen-bond donors (Lipinski definition) is 3. The van der Waals surface area contributed by atoms with Gasteiger partial charge >= 0.3 is 15.6 Å². The molecule has 6 heterocycles. The molecule has 27 nitrogen and oxygen atoms in total. The summed E-state index contributed by atoms with van der Waals surface area (Å²) < 4.78 is 79.2. The van der Waals surface area contributed by atoms with E-state index in [1.54, 1.807) is 51.8 Å². The first-order valence-corrected chi connectivity index (χ1v) is 23.2. The van der Waals surface area contributed by atoms with E-state index in [9.17, 15) is 29.1 Å². The fourth-order valence-corrected chi connectivity index (χ4v) is 9.77. The third-order valence-corrected chi connectivity index (χ3v) is 12.8. The van der Waals surface area contributed by atoms with Crippen LogP contribution in [0.25, 0.3) is 22.3 Å². The Bertz CT molecular complexity index is 2710. The number of H-pyrrole nitrogens is 2. The molecule has 10 atom stereocenters. The third kappa shape index (κ3) is 11.5. The Balaban J connectivity index is 1.32. The number of aromatic amines is 2. The van der Waals surface area contributed by atoms with Gasteiger partial charge in [0.2, 0.25) is 11.9 Å². The number of imidazole rings is 2. The van der Waals surface area contributed by atoms with Crippen LogP contribution in [0.15, 0.2) is 44.9 Å². The average molecular weight is 961 g/mol. The number of nitriles is 2. The minimum absolute atomic E-state index is 0.0145. The summed E-state index contributed by atoms with van der Waals surface area (Å²) in [4.78, 5) is 60.1. The van der Waals surface area contributed by atoms with Gasteiger partial charge < -0.3 is 24.4 Å². The van der Waals surface area contributed by atoms with Gasteiger partial charge in [-0.15, -0.1) is 6.58 Å². The van der Waals surface area contributed by atoms with Crippen molar-refractivity contribution in [3.05, 3.63) is 46.0 Å². The van der Waals surface area contributed by atoms with Gasteiger partial charge in [-0.2, -0.15) is 20.5 Å². The first kappa shape index (κ1) is 49.9. The molecule has 3 N–H and O–H groups in total. The molecule has 2 aliphatic rings.